The van der Waals surface area contributed by atoms with Crippen LogP contribution in [-0.4, -0.2) is 18.6 Å². The van der Waals surface area contributed by atoms with E-state index in [9.17, 15) is 4.79 Å². The number of ether oxygens (including phenoxy) is 1. The van der Waals surface area contributed by atoms with Gasteiger partial charge in [-0.2, -0.15) is 0 Å². The minimum Gasteiger partial charge on any atom is -0.377 e. The van der Waals surface area contributed by atoms with Crippen molar-refractivity contribution in [1.82, 2.24) is 0 Å². The van der Waals surface area contributed by atoms with Gasteiger partial charge >= 0.3 is 0 Å². The Morgan fingerprint density at radius 3 is 2.89 bits per heavy atom. The molecule has 100 valence electrons. The molecule has 1 amide bonds. The van der Waals surface area contributed by atoms with E-state index in [1.165, 1.54) is 0 Å². The first-order valence-corrected chi connectivity index (χ1v) is 6.40. The predicted molar refractivity (Wildman–Crippen MR) is 73.3 cm³/mol. The van der Waals surface area contributed by atoms with Gasteiger partial charge in [0.15, 0.2) is 0 Å². The van der Waals surface area contributed by atoms with Crippen molar-refractivity contribution < 1.29 is 9.53 Å². The minimum absolute atomic E-state index is 0.134. The highest BCUT2D eigenvalue weighted by molar-refractivity contribution is 5.94. The number of carbonyl (C=O) groups excluding carboxylic acids is 1. The smallest absolute Gasteiger partial charge is 0.241 e. The van der Waals surface area contributed by atoms with Crippen molar-refractivity contribution in [1.29, 1.82) is 0 Å². The lowest BCUT2D eigenvalue weighted by Crippen LogP contribution is -2.35. The number of benzene rings is 1. The highest BCUT2D eigenvalue weighted by atomic mass is 16.5. The maximum Gasteiger partial charge on any atom is 0.241 e. The molecule has 4 heteroatoms. The SMILES string of the molecule is CCCC(N)C(=O)Nc1cccc(COCC)c1. The van der Waals surface area contributed by atoms with Crippen LogP contribution in [0.25, 0.3) is 0 Å². The molecule has 1 aromatic carbocycles. The molecule has 0 saturated heterocycles. The second kappa shape index (κ2) is 7.84. The molecule has 0 bridgehead atoms. The molecule has 0 aliphatic rings. The van der Waals surface area contributed by atoms with Gasteiger partial charge in [-0.25, -0.2) is 0 Å². The number of rotatable bonds is 7. The number of hydrogen-bond donors (Lipinski definition) is 2. The Morgan fingerprint density at radius 2 is 2.22 bits per heavy atom. The van der Waals surface area contributed by atoms with Crippen LogP contribution in [0.15, 0.2) is 24.3 Å². The van der Waals surface area contributed by atoms with E-state index in [1.54, 1.807) is 0 Å². The Labute approximate surface area is 109 Å². The van der Waals surface area contributed by atoms with E-state index in [-0.39, 0.29) is 5.91 Å². The van der Waals surface area contributed by atoms with Crippen molar-refractivity contribution in [2.75, 3.05) is 11.9 Å². The summed E-state index contributed by atoms with van der Waals surface area (Å²) in [5.41, 5.74) is 7.56. The molecular weight excluding hydrogens is 228 g/mol. The fourth-order valence-electron chi connectivity index (χ4n) is 1.64. The number of amides is 1. The van der Waals surface area contributed by atoms with Crippen LogP contribution in [0.2, 0.25) is 0 Å². The van der Waals surface area contributed by atoms with Crippen molar-refractivity contribution >= 4 is 11.6 Å². The molecule has 1 aromatic rings. The molecule has 0 spiro atoms. The van der Waals surface area contributed by atoms with Crippen LogP contribution < -0.4 is 11.1 Å². The highest BCUT2D eigenvalue weighted by Crippen LogP contribution is 2.12. The van der Waals surface area contributed by atoms with E-state index in [0.717, 1.165) is 17.7 Å². The molecule has 0 heterocycles. The standard InChI is InChI=1S/C14H22N2O2/c1-3-6-13(15)14(17)16-12-8-5-7-11(9-12)10-18-4-2/h5,7-9,13H,3-4,6,10,15H2,1-2H3,(H,16,17). The molecule has 1 unspecified atom stereocenters. The summed E-state index contributed by atoms with van der Waals surface area (Å²) in [5, 5.41) is 2.82. The van der Waals surface area contributed by atoms with Gasteiger partial charge in [-0.15, -0.1) is 0 Å². The summed E-state index contributed by atoms with van der Waals surface area (Å²) in [6.45, 7) is 5.20. The summed E-state index contributed by atoms with van der Waals surface area (Å²) in [6, 6.07) is 7.19. The summed E-state index contributed by atoms with van der Waals surface area (Å²) in [7, 11) is 0. The second-order valence-electron chi connectivity index (χ2n) is 4.22. The lowest BCUT2D eigenvalue weighted by Gasteiger charge is -2.12. The molecule has 4 nitrogen and oxygen atoms in total. The summed E-state index contributed by atoms with van der Waals surface area (Å²) in [6.07, 6.45) is 1.60. The van der Waals surface area contributed by atoms with Crippen LogP contribution in [0.1, 0.15) is 32.3 Å². The number of carbonyl (C=O) groups is 1. The van der Waals surface area contributed by atoms with Gasteiger partial charge in [0.1, 0.15) is 0 Å². The Hall–Kier alpha value is -1.39. The summed E-state index contributed by atoms with van der Waals surface area (Å²) >= 11 is 0. The van der Waals surface area contributed by atoms with Gasteiger partial charge in [-0.3, -0.25) is 4.79 Å². The normalized spacial score (nSPS) is 12.2. The summed E-state index contributed by atoms with van der Waals surface area (Å²) in [4.78, 5) is 11.8. The zero-order chi connectivity index (χ0) is 13.4. The number of nitrogens with two attached hydrogens (primary N) is 1. The largest absolute Gasteiger partial charge is 0.377 e. The van der Waals surface area contributed by atoms with E-state index in [2.05, 4.69) is 5.32 Å². The lowest BCUT2D eigenvalue weighted by molar-refractivity contribution is -0.117. The van der Waals surface area contributed by atoms with Crippen LogP contribution in [0.5, 0.6) is 0 Å². The number of nitrogens with one attached hydrogen (secondary N) is 1. The van der Waals surface area contributed by atoms with Crippen LogP contribution in [0.4, 0.5) is 5.69 Å². The van der Waals surface area contributed by atoms with E-state index in [1.807, 2.05) is 38.1 Å². The van der Waals surface area contributed by atoms with Gasteiger partial charge in [-0.1, -0.05) is 25.5 Å². The highest BCUT2D eigenvalue weighted by Gasteiger charge is 2.12. The first-order chi connectivity index (χ1) is 8.67. The topological polar surface area (TPSA) is 64.4 Å². The first kappa shape index (κ1) is 14.7. The minimum atomic E-state index is -0.439. The van der Waals surface area contributed by atoms with Crippen molar-refractivity contribution in [3.63, 3.8) is 0 Å². The van der Waals surface area contributed by atoms with E-state index in [4.69, 9.17) is 10.5 Å². The molecule has 0 saturated carbocycles. The molecule has 1 atom stereocenters. The average Bonchev–Trinajstić information content (AvgIpc) is 2.37. The fourth-order valence-corrected chi connectivity index (χ4v) is 1.64. The van der Waals surface area contributed by atoms with Gasteiger partial charge in [0.05, 0.1) is 12.6 Å². The predicted octanol–water partition coefficient (Wildman–Crippen LogP) is 2.29. The van der Waals surface area contributed by atoms with Crippen LogP contribution in [-0.2, 0) is 16.1 Å². The van der Waals surface area contributed by atoms with Gasteiger partial charge in [0, 0.05) is 12.3 Å². The molecule has 0 aliphatic carbocycles. The summed E-state index contributed by atoms with van der Waals surface area (Å²) < 4.78 is 5.33. The lowest BCUT2D eigenvalue weighted by atomic mass is 10.1. The third-order valence-electron chi connectivity index (χ3n) is 2.60. The average molecular weight is 250 g/mol. The van der Waals surface area contributed by atoms with Crippen LogP contribution in [0, 0.1) is 0 Å². The fraction of sp³-hybridized carbons (Fsp3) is 0.500. The quantitative estimate of drug-likeness (QED) is 0.780. The Bertz CT molecular complexity index is 380. The molecule has 0 aliphatic heterocycles. The van der Waals surface area contributed by atoms with Crippen LogP contribution >= 0.6 is 0 Å². The molecule has 0 fully saturated rings. The third-order valence-corrected chi connectivity index (χ3v) is 2.60. The summed E-state index contributed by atoms with van der Waals surface area (Å²) in [5.74, 6) is -0.134. The van der Waals surface area contributed by atoms with Crippen molar-refractivity contribution in [2.24, 2.45) is 5.73 Å². The molecule has 18 heavy (non-hydrogen) atoms. The van der Waals surface area contributed by atoms with E-state index < -0.39 is 6.04 Å². The molecule has 1 rings (SSSR count). The zero-order valence-corrected chi connectivity index (χ0v) is 11.1. The third kappa shape index (κ3) is 4.85. The van der Waals surface area contributed by atoms with Gasteiger partial charge in [0.2, 0.25) is 5.91 Å². The second-order valence-corrected chi connectivity index (χ2v) is 4.22. The van der Waals surface area contributed by atoms with Crippen molar-refractivity contribution in [2.45, 2.75) is 39.3 Å². The molecular formula is C14H22N2O2. The maximum absolute atomic E-state index is 11.8. The Balaban J connectivity index is 2.58. The van der Waals surface area contributed by atoms with Crippen LogP contribution in [0.3, 0.4) is 0 Å². The van der Waals surface area contributed by atoms with Gasteiger partial charge in [-0.05, 0) is 31.0 Å². The van der Waals surface area contributed by atoms with Gasteiger partial charge in [0.25, 0.3) is 0 Å². The maximum atomic E-state index is 11.8. The first-order valence-electron chi connectivity index (χ1n) is 6.40. The molecule has 0 radical (unpaired) electrons. The van der Waals surface area contributed by atoms with E-state index >= 15 is 0 Å². The van der Waals surface area contributed by atoms with E-state index in [0.29, 0.717) is 19.6 Å². The molecule has 3 N–H and O–H groups in total. The molecule has 0 aromatic heterocycles. The number of hydrogen-bond acceptors (Lipinski definition) is 3. The Morgan fingerprint density at radius 1 is 1.44 bits per heavy atom. The number of anilines is 1. The van der Waals surface area contributed by atoms with Crippen molar-refractivity contribution in [3.05, 3.63) is 29.8 Å². The Kier molecular flexibility index (Phi) is 6.39. The monoisotopic (exact) mass is 250 g/mol. The van der Waals surface area contributed by atoms with Crippen molar-refractivity contribution in [3.8, 4) is 0 Å². The van der Waals surface area contributed by atoms with Gasteiger partial charge < -0.3 is 15.8 Å². The zero-order valence-electron chi connectivity index (χ0n) is 11.1.